The van der Waals surface area contributed by atoms with Crippen molar-refractivity contribution in [1.82, 2.24) is 0 Å². The first-order valence-corrected chi connectivity index (χ1v) is 6.20. The van der Waals surface area contributed by atoms with E-state index in [4.69, 9.17) is 4.74 Å². The molecule has 0 heterocycles. The lowest BCUT2D eigenvalue weighted by Gasteiger charge is -2.13. The lowest BCUT2D eigenvalue weighted by molar-refractivity contribution is 0.164. The summed E-state index contributed by atoms with van der Waals surface area (Å²) in [4.78, 5) is 0. The number of aryl methyl sites for hydroxylation is 1. The van der Waals surface area contributed by atoms with Crippen molar-refractivity contribution in [3.8, 4) is 0 Å². The highest BCUT2D eigenvalue weighted by atomic mass is 127. The monoisotopic (exact) mass is 319 g/mol. The third kappa shape index (κ3) is 4.38. The molecule has 2 nitrogen and oxygen atoms in total. The maximum absolute atomic E-state index is 5.09. The molecule has 0 amide bonds. The average molecular weight is 319 g/mol. The predicted octanol–water partition coefficient (Wildman–Crippen LogP) is 3.29. The first-order chi connectivity index (χ1) is 7.13. The molecule has 15 heavy (non-hydrogen) atoms. The van der Waals surface area contributed by atoms with Crippen molar-refractivity contribution in [1.29, 1.82) is 0 Å². The van der Waals surface area contributed by atoms with Crippen LogP contribution in [0.1, 0.15) is 12.5 Å². The fourth-order valence-electron chi connectivity index (χ4n) is 1.34. The number of benzene rings is 1. The lowest BCUT2D eigenvalue weighted by Crippen LogP contribution is -2.15. The van der Waals surface area contributed by atoms with Gasteiger partial charge in [-0.25, -0.2) is 0 Å². The van der Waals surface area contributed by atoms with Crippen LogP contribution in [0.5, 0.6) is 0 Å². The number of ether oxygens (including phenoxy) is 1. The quantitative estimate of drug-likeness (QED) is 0.841. The normalized spacial score (nSPS) is 12.5. The molecule has 0 spiro atoms. The van der Waals surface area contributed by atoms with Gasteiger partial charge in [0, 0.05) is 22.9 Å². The van der Waals surface area contributed by atoms with Crippen LogP contribution in [0.2, 0.25) is 0 Å². The van der Waals surface area contributed by atoms with E-state index in [1.165, 1.54) is 14.8 Å². The summed E-state index contributed by atoms with van der Waals surface area (Å²) in [5.74, 6) is 0.536. The fraction of sp³-hybridized carbons (Fsp3) is 0.500. The van der Waals surface area contributed by atoms with Crippen LogP contribution in [-0.2, 0) is 4.74 Å². The molecule has 1 atom stereocenters. The van der Waals surface area contributed by atoms with E-state index >= 15 is 0 Å². The zero-order valence-electron chi connectivity index (χ0n) is 9.51. The summed E-state index contributed by atoms with van der Waals surface area (Å²) in [7, 11) is 1.74. The SMILES string of the molecule is COCC(C)CNc1ccc(C)c(I)c1. The number of methoxy groups -OCH3 is 1. The highest BCUT2D eigenvalue weighted by Crippen LogP contribution is 2.17. The van der Waals surface area contributed by atoms with Crippen LogP contribution in [0, 0.1) is 16.4 Å². The lowest BCUT2D eigenvalue weighted by atomic mass is 10.2. The van der Waals surface area contributed by atoms with E-state index in [1.54, 1.807) is 7.11 Å². The van der Waals surface area contributed by atoms with Gasteiger partial charge in [0.2, 0.25) is 0 Å². The Labute approximate surface area is 106 Å². The Morgan fingerprint density at radius 1 is 1.47 bits per heavy atom. The van der Waals surface area contributed by atoms with Gasteiger partial charge in [0.05, 0.1) is 6.61 Å². The van der Waals surface area contributed by atoms with E-state index in [1.807, 2.05) is 0 Å². The first-order valence-electron chi connectivity index (χ1n) is 5.12. The topological polar surface area (TPSA) is 21.3 Å². The molecule has 0 bridgehead atoms. The average Bonchev–Trinajstić information content (AvgIpc) is 2.20. The summed E-state index contributed by atoms with van der Waals surface area (Å²) < 4.78 is 6.40. The van der Waals surface area contributed by atoms with Gasteiger partial charge in [0.15, 0.2) is 0 Å². The maximum atomic E-state index is 5.09. The van der Waals surface area contributed by atoms with Gasteiger partial charge < -0.3 is 10.1 Å². The molecule has 0 aromatic heterocycles. The molecular weight excluding hydrogens is 301 g/mol. The Balaban J connectivity index is 2.47. The second-order valence-corrected chi connectivity index (χ2v) is 5.07. The number of nitrogens with one attached hydrogen (secondary N) is 1. The summed E-state index contributed by atoms with van der Waals surface area (Å²) in [6.07, 6.45) is 0. The Bertz CT molecular complexity index is 314. The van der Waals surface area contributed by atoms with Crippen molar-refractivity contribution < 1.29 is 4.74 Å². The van der Waals surface area contributed by atoms with Gasteiger partial charge in [-0.15, -0.1) is 0 Å². The molecule has 0 radical (unpaired) electrons. The Kier molecular flexibility index (Phi) is 5.39. The standard InChI is InChI=1S/C12H18INO/c1-9(8-15-3)7-14-11-5-4-10(2)12(13)6-11/h4-6,9,14H,7-8H2,1-3H3. The molecule has 1 rings (SSSR count). The van der Waals surface area contributed by atoms with Gasteiger partial charge in [0.1, 0.15) is 0 Å². The molecule has 0 aliphatic rings. The van der Waals surface area contributed by atoms with E-state index in [0.29, 0.717) is 5.92 Å². The van der Waals surface area contributed by atoms with Gasteiger partial charge in [0.25, 0.3) is 0 Å². The minimum Gasteiger partial charge on any atom is -0.385 e. The molecule has 0 aliphatic carbocycles. The number of anilines is 1. The highest BCUT2D eigenvalue weighted by Gasteiger charge is 2.01. The van der Waals surface area contributed by atoms with E-state index in [0.717, 1.165) is 13.2 Å². The molecular formula is C12H18INO. The van der Waals surface area contributed by atoms with Crippen LogP contribution >= 0.6 is 22.6 Å². The third-order valence-electron chi connectivity index (χ3n) is 2.28. The van der Waals surface area contributed by atoms with Crippen LogP contribution in [0.3, 0.4) is 0 Å². The minimum atomic E-state index is 0.536. The molecule has 1 aromatic carbocycles. The van der Waals surface area contributed by atoms with Gasteiger partial charge in [-0.3, -0.25) is 0 Å². The van der Waals surface area contributed by atoms with Crippen LogP contribution in [0.4, 0.5) is 5.69 Å². The van der Waals surface area contributed by atoms with Crippen LogP contribution in [0.15, 0.2) is 18.2 Å². The van der Waals surface area contributed by atoms with Crippen LogP contribution in [0.25, 0.3) is 0 Å². The predicted molar refractivity (Wildman–Crippen MR) is 73.4 cm³/mol. The molecule has 84 valence electrons. The minimum absolute atomic E-state index is 0.536. The van der Waals surface area contributed by atoms with Gasteiger partial charge in [-0.1, -0.05) is 13.0 Å². The number of rotatable bonds is 5. The second kappa shape index (κ2) is 6.33. The Hall–Kier alpha value is -0.290. The van der Waals surface area contributed by atoms with E-state index < -0.39 is 0 Å². The Morgan fingerprint density at radius 2 is 2.20 bits per heavy atom. The number of hydrogen-bond donors (Lipinski definition) is 1. The third-order valence-corrected chi connectivity index (χ3v) is 3.44. The molecule has 0 saturated carbocycles. The zero-order valence-corrected chi connectivity index (χ0v) is 11.7. The smallest absolute Gasteiger partial charge is 0.0504 e. The maximum Gasteiger partial charge on any atom is 0.0504 e. The van der Waals surface area contributed by atoms with Gasteiger partial charge >= 0.3 is 0 Å². The van der Waals surface area contributed by atoms with Crippen molar-refractivity contribution in [2.75, 3.05) is 25.6 Å². The van der Waals surface area contributed by atoms with E-state index in [2.05, 4.69) is 60.0 Å². The summed E-state index contributed by atoms with van der Waals surface area (Å²) in [5, 5.41) is 3.41. The van der Waals surface area contributed by atoms with Gasteiger partial charge in [-0.2, -0.15) is 0 Å². The van der Waals surface area contributed by atoms with Crippen molar-refractivity contribution in [3.63, 3.8) is 0 Å². The fourth-order valence-corrected chi connectivity index (χ4v) is 1.85. The van der Waals surface area contributed by atoms with Crippen LogP contribution < -0.4 is 5.32 Å². The first kappa shape index (κ1) is 12.8. The van der Waals surface area contributed by atoms with E-state index in [9.17, 15) is 0 Å². The summed E-state index contributed by atoms with van der Waals surface area (Å²) in [6.45, 7) is 6.05. The zero-order chi connectivity index (χ0) is 11.3. The van der Waals surface area contributed by atoms with Crippen molar-refractivity contribution in [3.05, 3.63) is 27.3 Å². The van der Waals surface area contributed by atoms with Gasteiger partial charge in [-0.05, 0) is 53.1 Å². The number of hydrogen-bond acceptors (Lipinski definition) is 2. The highest BCUT2D eigenvalue weighted by molar-refractivity contribution is 14.1. The van der Waals surface area contributed by atoms with E-state index in [-0.39, 0.29) is 0 Å². The number of halogens is 1. The molecule has 3 heteroatoms. The second-order valence-electron chi connectivity index (χ2n) is 3.91. The molecule has 1 N–H and O–H groups in total. The summed E-state index contributed by atoms with van der Waals surface area (Å²) in [6, 6.07) is 6.44. The summed E-state index contributed by atoms with van der Waals surface area (Å²) in [5.41, 5.74) is 2.51. The van der Waals surface area contributed by atoms with Crippen molar-refractivity contribution in [2.45, 2.75) is 13.8 Å². The van der Waals surface area contributed by atoms with Crippen molar-refractivity contribution >= 4 is 28.3 Å². The molecule has 1 unspecified atom stereocenters. The molecule has 0 fully saturated rings. The molecule has 0 saturated heterocycles. The van der Waals surface area contributed by atoms with Crippen LogP contribution in [-0.4, -0.2) is 20.3 Å². The van der Waals surface area contributed by atoms with Crippen molar-refractivity contribution in [2.24, 2.45) is 5.92 Å². The largest absolute Gasteiger partial charge is 0.385 e. The summed E-state index contributed by atoms with van der Waals surface area (Å²) >= 11 is 2.36. The molecule has 0 aliphatic heterocycles. The molecule has 1 aromatic rings. The Morgan fingerprint density at radius 3 is 2.80 bits per heavy atom.